The van der Waals surface area contributed by atoms with Crippen LogP contribution in [0.5, 0.6) is 0 Å². The molecule has 2 rings (SSSR count). The summed E-state index contributed by atoms with van der Waals surface area (Å²) in [6, 6.07) is 7.15. The van der Waals surface area contributed by atoms with Crippen LogP contribution >= 0.6 is 0 Å². The zero-order chi connectivity index (χ0) is 15.3. The van der Waals surface area contributed by atoms with E-state index in [9.17, 15) is 18.0 Å². The summed E-state index contributed by atoms with van der Waals surface area (Å²) < 4.78 is 37.8. The first-order valence-electron chi connectivity index (χ1n) is 6.17. The topological polar surface area (TPSA) is 59.8 Å². The maximum atomic E-state index is 12.1. The highest BCUT2D eigenvalue weighted by Gasteiger charge is 2.30. The van der Waals surface area contributed by atoms with Gasteiger partial charge >= 0.3 is 6.18 Å². The molecule has 0 aliphatic heterocycles. The third kappa shape index (κ3) is 4.90. The van der Waals surface area contributed by atoms with E-state index in [2.05, 4.69) is 15.4 Å². The van der Waals surface area contributed by atoms with Gasteiger partial charge in [0.25, 0.3) is 0 Å². The lowest BCUT2D eigenvalue weighted by Crippen LogP contribution is -2.28. The van der Waals surface area contributed by atoms with Crippen molar-refractivity contribution >= 4 is 5.91 Å². The van der Waals surface area contributed by atoms with E-state index >= 15 is 0 Å². The Kier molecular flexibility index (Phi) is 4.56. The zero-order valence-corrected chi connectivity index (χ0v) is 11.0. The van der Waals surface area contributed by atoms with Gasteiger partial charge in [-0.25, -0.2) is 9.67 Å². The molecule has 0 unspecified atom stereocenters. The quantitative estimate of drug-likeness (QED) is 0.917. The molecule has 21 heavy (non-hydrogen) atoms. The van der Waals surface area contributed by atoms with Gasteiger partial charge in [-0.1, -0.05) is 24.3 Å². The number of alkyl halides is 3. The summed E-state index contributed by atoms with van der Waals surface area (Å²) in [4.78, 5) is 15.0. The third-order valence-electron chi connectivity index (χ3n) is 2.75. The molecule has 0 fully saturated rings. The van der Waals surface area contributed by atoms with Crippen LogP contribution < -0.4 is 5.32 Å². The van der Waals surface area contributed by atoms with Crippen molar-refractivity contribution in [3.63, 3.8) is 0 Å². The van der Waals surface area contributed by atoms with Crippen molar-refractivity contribution in [2.24, 2.45) is 0 Å². The van der Waals surface area contributed by atoms with E-state index in [0.29, 0.717) is 6.54 Å². The van der Waals surface area contributed by atoms with Crippen molar-refractivity contribution in [3.8, 4) is 0 Å². The predicted molar refractivity (Wildman–Crippen MR) is 68.1 cm³/mol. The molecule has 1 amide bonds. The third-order valence-corrected chi connectivity index (χ3v) is 2.75. The number of halogens is 3. The molecule has 0 aliphatic rings. The maximum Gasteiger partial charge on any atom is 0.397 e. The summed E-state index contributed by atoms with van der Waals surface area (Å²) in [6.45, 7) is 0.477. The highest BCUT2D eigenvalue weighted by molar-refractivity contribution is 5.76. The van der Waals surface area contributed by atoms with E-state index in [1.54, 1.807) is 23.1 Å². The van der Waals surface area contributed by atoms with Crippen LogP contribution in [0.3, 0.4) is 0 Å². The number of rotatable bonds is 5. The van der Waals surface area contributed by atoms with Gasteiger partial charge < -0.3 is 5.32 Å². The Hall–Kier alpha value is -2.38. The summed E-state index contributed by atoms with van der Waals surface area (Å²) in [5.74, 6) is -1.04. The van der Waals surface area contributed by atoms with E-state index in [-0.39, 0.29) is 6.54 Å². The molecule has 0 atom stereocenters. The molecule has 0 bridgehead atoms. The Bertz CT molecular complexity index is 596. The molecule has 1 heterocycles. The smallest absolute Gasteiger partial charge is 0.352 e. The van der Waals surface area contributed by atoms with E-state index in [1.807, 2.05) is 12.1 Å². The van der Waals surface area contributed by atoms with Gasteiger partial charge in [-0.2, -0.15) is 18.3 Å². The lowest BCUT2D eigenvalue weighted by Gasteiger charge is -2.11. The largest absolute Gasteiger partial charge is 0.397 e. The minimum absolute atomic E-state index is 0.0415. The highest BCUT2D eigenvalue weighted by atomic mass is 19.4. The van der Waals surface area contributed by atoms with Crippen molar-refractivity contribution in [1.82, 2.24) is 20.1 Å². The molecule has 112 valence electrons. The highest BCUT2D eigenvalue weighted by Crippen LogP contribution is 2.19. The number of hydrogen-bond acceptors (Lipinski definition) is 3. The van der Waals surface area contributed by atoms with Gasteiger partial charge in [0.05, 0.1) is 6.54 Å². The van der Waals surface area contributed by atoms with Gasteiger partial charge in [0.1, 0.15) is 19.1 Å². The van der Waals surface area contributed by atoms with Crippen LogP contribution in [0, 0.1) is 0 Å². The molecule has 0 saturated carbocycles. The molecule has 0 aliphatic carbocycles. The number of hydrogen-bond donors (Lipinski definition) is 1. The molecular formula is C13H13F3N4O. The van der Waals surface area contributed by atoms with Crippen molar-refractivity contribution in [1.29, 1.82) is 0 Å². The predicted octanol–water partition coefficient (Wildman–Crippen LogP) is 1.89. The minimum atomic E-state index is -4.50. The monoisotopic (exact) mass is 298 g/mol. The number of carbonyl (C=O) groups excluding carboxylic acids is 1. The van der Waals surface area contributed by atoms with Crippen LogP contribution in [0.1, 0.15) is 17.5 Å². The summed E-state index contributed by atoms with van der Waals surface area (Å²) in [6.07, 6.45) is -3.03. The van der Waals surface area contributed by atoms with Crippen molar-refractivity contribution < 1.29 is 18.0 Å². The number of amides is 1. The van der Waals surface area contributed by atoms with Gasteiger partial charge in [0.2, 0.25) is 5.91 Å². The average molecular weight is 298 g/mol. The molecule has 5 nitrogen and oxygen atoms in total. The number of benzene rings is 1. The summed E-state index contributed by atoms with van der Waals surface area (Å²) >= 11 is 0. The minimum Gasteiger partial charge on any atom is -0.352 e. The standard InChI is InChI=1S/C13H13F3N4O/c14-13(15,16)5-12(21)18-6-10-3-1-2-4-11(10)7-20-9-17-8-19-20/h1-4,8-9H,5-7H2,(H,18,21). The molecule has 0 spiro atoms. The molecule has 1 aromatic heterocycles. The van der Waals surface area contributed by atoms with Gasteiger partial charge in [0.15, 0.2) is 0 Å². The Morgan fingerprint density at radius 2 is 1.95 bits per heavy atom. The molecule has 1 aromatic carbocycles. The first-order valence-corrected chi connectivity index (χ1v) is 6.17. The molecule has 0 saturated heterocycles. The Balaban J connectivity index is 1.98. The Morgan fingerprint density at radius 1 is 1.24 bits per heavy atom. The Morgan fingerprint density at radius 3 is 2.57 bits per heavy atom. The molecule has 0 radical (unpaired) electrons. The lowest BCUT2D eigenvalue weighted by molar-refractivity contribution is -0.153. The van der Waals surface area contributed by atoms with E-state index in [4.69, 9.17) is 0 Å². The second-order valence-electron chi connectivity index (χ2n) is 4.43. The fraction of sp³-hybridized carbons (Fsp3) is 0.308. The van der Waals surface area contributed by atoms with Gasteiger partial charge in [-0.3, -0.25) is 4.79 Å². The van der Waals surface area contributed by atoms with Gasteiger partial charge in [0, 0.05) is 6.54 Å². The van der Waals surface area contributed by atoms with Crippen LogP contribution in [0.25, 0.3) is 0 Å². The Labute approximate surface area is 118 Å². The normalized spacial score (nSPS) is 11.4. The van der Waals surface area contributed by atoms with Gasteiger partial charge in [-0.15, -0.1) is 0 Å². The summed E-state index contributed by atoms with van der Waals surface area (Å²) in [5.41, 5.74) is 1.60. The fourth-order valence-corrected chi connectivity index (χ4v) is 1.81. The van der Waals surface area contributed by atoms with E-state index in [1.165, 1.54) is 6.33 Å². The second kappa shape index (κ2) is 6.38. The van der Waals surface area contributed by atoms with Crippen LogP contribution in [0.15, 0.2) is 36.9 Å². The van der Waals surface area contributed by atoms with Crippen LogP contribution in [0.4, 0.5) is 13.2 Å². The number of nitrogens with zero attached hydrogens (tertiary/aromatic N) is 3. The summed E-state index contributed by atoms with van der Waals surface area (Å²) in [7, 11) is 0. The van der Waals surface area contributed by atoms with Crippen molar-refractivity contribution in [2.75, 3.05) is 0 Å². The summed E-state index contributed by atoms with van der Waals surface area (Å²) in [5, 5.41) is 6.24. The SMILES string of the molecule is O=C(CC(F)(F)F)NCc1ccccc1Cn1cncn1. The van der Waals surface area contributed by atoms with Crippen molar-refractivity contribution in [3.05, 3.63) is 48.0 Å². The fourth-order valence-electron chi connectivity index (χ4n) is 1.81. The number of carbonyl (C=O) groups is 1. The van der Waals surface area contributed by atoms with Gasteiger partial charge in [-0.05, 0) is 11.1 Å². The van der Waals surface area contributed by atoms with Crippen LogP contribution in [0.2, 0.25) is 0 Å². The average Bonchev–Trinajstić information content (AvgIpc) is 2.88. The first kappa shape index (κ1) is 15.0. The molecule has 2 aromatic rings. The van der Waals surface area contributed by atoms with Crippen LogP contribution in [-0.4, -0.2) is 26.8 Å². The maximum absolute atomic E-state index is 12.1. The number of nitrogens with one attached hydrogen (secondary N) is 1. The molecule has 1 N–H and O–H groups in total. The number of aromatic nitrogens is 3. The molecule has 8 heteroatoms. The molecular weight excluding hydrogens is 285 g/mol. The van der Waals surface area contributed by atoms with E-state index in [0.717, 1.165) is 11.1 Å². The first-order chi connectivity index (χ1) is 9.94. The lowest BCUT2D eigenvalue weighted by atomic mass is 10.1. The second-order valence-corrected chi connectivity index (χ2v) is 4.43. The zero-order valence-electron chi connectivity index (χ0n) is 11.0. The van der Waals surface area contributed by atoms with Crippen LogP contribution in [-0.2, 0) is 17.9 Å². The van der Waals surface area contributed by atoms with Crippen molar-refractivity contribution in [2.45, 2.75) is 25.7 Å². The van der Waals surface area contributed by atoms with E-state index < -0.39 is 18.5 Å².